The summed E-state index contributed by atoms with van der Waals surface area (Å²) in [6.07, 6.45) is 19.8. The van der Waals surface area contributed by atoms with E-state index in [9.17, 15) is 0 Å². The van der Waals surface area contributed by atoms with Crippen LogP contribution in [0.25, 0.3) is 0 Å². The van der Waals surface area contributed by atoms with E-state index in [-0.39, 0.29) is 0 Å². The molecule has 92 valence electrons. The van der Waals surface area contributed by atoms with E-state index >= 15 is 0 Å². The molecular formula is C16H28. The summed E-state index contributed by atoms with van der Waals surface area (Å²) < 4.78 is 0. The van der Waals surface area contributed by atoms with Crippen LogP contribution in [0.3, 0.4) is 0 Å². The first-order valence-electron chi connectivity index (χ1n) is 7.54. The summed E-state index contributed by atoms with van der Waals surface area (Å²) in [5, 5.41) is 0. The molecule has 2 fully saturated rings. The molecule has 0 atom stereocenters. The van der Waals surface area contributed by atoms with Crippen LogP contribution in [-0.2, 0) is 0 Å². The van der Waals surface area contributed by atoms with Crippen LogP contribution in [0.1, 0.15) is 71.1 Å². The molecular weight excluding hydrogens is 192 g/mol. The van der Waals surface area contributed by atoms with Crippen LogP contribution in [-0.4, -0.2) is 0 Å². The highest BCUT2D eigenvalue weighted by Gasteiger charge is 2.29. The Hall–Kier alpha value is -0.260. The molecule has 0 aromatic rings. The molecule has 0 unspecified atom stereocenters. The highest BCUT2D eigenvalue weighted by Crippen LogP contribution is 2.40. The first kappa shape index (κ1) is 12.2. The summed E-state index contributed by atoms with van der Waals surface area (Å²) in [6.45, 7) is 2.21. The maximum atomic E-state index is 2.55. The Labute approximate surface area is 102 Å². The van der Waals surface area contributed by atoms with Crippen molar-refractivity contribution in [3.05, 3.63) is 12.2 Å². The molecule has 0 bridgehead atoms. The molecule has 0 spiro atoms. The zero-order valence-electron chi connectivity index (χ0n) is 11.0. The van der Waals surface area contributed by atoms with Crippen LogP contribution in [0.15, 0.2) is 12.2 Å². The van der Waals surface area contributed by atoms with E-state index in [2.05, 4.69) is 19.1 Å². The molecule has 0 aromatic carbocycles. The van der Waals surface area contributed by atoms with E-state index in [1.165, 1.54) is 64.2 Å². The zero-order chi connectivity index (χ0) is 11.2. The Morgan fingerprint density at radius 3 is 1.56 bits per heavy atom. The van der Waals surface area contributed by atoms with Crippen molar-refractivity contribution in [1.82, 2.24) is 0 Å². The minimum atomic E-state index is 0.922. The van der Waals surface area contributed by atoms with Crippen LogP contribution in [0, 0.1) is 17.8 Å². The lowest BCUT2D eigenvalue weighted by Crippen LogP contribution is -2.25. The van der Waals surface area contributed by atoms with Gasteiger partial charge in [0, 0.05) is 0 Å². The van der Waals surface area contributed by atoms with Crippen LogP contribution < -0.4 is 0 Å². The molecule has 16 heavy (non-hydrogen) atoms. The molecule has 2 aliphatic carbocycles. The van der Waals surface area contributed by atoms with Gasteiger partial charge in [-0.25, -0.2) is 0 Å². The molecule has 0 aliphatic heterocycles. The highest BCUT2D eigenvalue weighted by molar-refractivity contribution is 4.95. The van der Waals surface area contributed by atoms with Gasteiger partial charge in [-0.3, -0.25) is 0 Å². The molecule has 0 heteroatoms. The van der Waals surface area contributed by atoms with E-state index in [1.54, 1.807) is 0 Å². The summed E-state index contributed by atoms with van der Waals surface area (Å²) in [6, 6.07) is 0. The third-order valence-electron chi connectivity index (χ3n) is 4.80. The fourth-order valence-corrected chi connectivity index (χ4v) is 3.96. The molecule has 2 rings (SSSR count). The summed E-state index contributed by atoms with van der Waals surface area (Å²) in [4.78, 5) is 0. The molecule has 0 amide bonds. The van der Waals surface area contributed by atoms with Gasteiger partial charge in [0.15, 0.2) is 0 Å². The Kier molecular flexibility index (Phi) is 4.93. The highest BCUT2D eigenvalue weighted by atomic mass is 14.3. The smallest absolute Gasteiger partial charge is 0.0177 e. The van der Waals surface area contributed by atoms with E-state index in [4.69, 9.17) is 0 Å². The van der Waals surface area contributed by atoms with Gasteiger partial charge >= 0.3 is 0 Å². The molecule has 0 saturated heterocycles. The minimum absolute atomic E-state index is 0.922. The van der Waals surface area contributed by atoms with Crippen molar-refractivity contribution in [2.45, 2.75) is 71.1 Å². The van der Waals surface area contributed by atoms with Crippen LogP contribution >= 0.6 is 0 Å². The average Bonchev–Trinajstić information content (AvgIpc) is 2.38. The fraction of sp³-hybridized carbons (Fsp3) is 0.875. The summed E-state index contributed by atoms with van der Waals surface area (Å²) in [5.41, 5.74) is 0. The maximum Gasteiger partial charge on any atom is -0.0177 e. The van der Waals surface area contributed by atoms with Gasteiger partial charge in [-0.1, -0.05) is 50.7 Å². The Bertz CT molecular complexity index is 186. The number of hydrogen-bond donors (Lipinski definition) is 0. The Morgan fingerprint density at radius 2 is 1.19 bits per heavy atom. The summed E-state index contributed by atoms with van der Waals surface area (Å²) >= 11 is 0. The van der Waals surface area contributed by atoms with Crippen molar-refractivity contribution in [3.63, 3.8) is 0 Å². The van der Waals surface area contributed by atoms with Crippen LogP contribution in [0.5, 0.6) is 0 Å². The van der Waals surface area contributed by atoms with E-state index < -0.39 is 0 Å². The van der Waals surface area contributed by atoms with Crippen molar-refractivity contribution in [3.8, 4) is 0 Å². The minimum Gasteiger partial charge on any atom is -0.0914 e. The second-order valence-electron chi connectivity index (χ2n) is 5.90. The number of allylic oxidation sites excluding steroid dienone is 2. The maximum absolute atomic E-state index is 2.55. The van der Waals surface area contributed by atoms with Gasteiger partial charge in [-0.15, -0.1) is 0 Å². The van der Waals surface area contributed by atoms with Gasteiger partial charge in [0.1, 0.15) is 0 Å². The average molecular weight is 220 g/mol. The van der Waals surface area contributed by atoms with Gasteiger partial charge in [-0.2, -0.15) is 0 Å². The fourth-order valence-electron chi connectivity index (χ4n) is 3.96. The lowest BCUT2D eigenvalue weighted by molar-refractivity contribution is 0.181. The quantitative estimate of drug-likeness (QED) is 0.563. The third kappa shape index (κ3) is 3.12. The normalized spacial score (nSPS) is 25.6. The Morgan fingerprint density at radius 1 is 0.750 bits per heavy atom. The Balaban J connectivity index is 1.96. The molecule has 0 aromatic heterocycles. The summed E-state index contributed by atoms with van der Waals surface area (Å²) in [7, 11) is 0. The first-order chi connectivity index (χ1) is 7.92. The molecule has 2 aliphatic rings. The second kappa shape index (κ2) is 6.47. The lowest BCUT2D eigenvalue weighted by Gasteiger charge is -2.36. The zero-order valence-corrected chi connectivity index (χ0v) is 11.0. The monoisotopic (exact) mass is 220 g/mol. The molecule has 0 heterocycles. The van der Waals surface area contributed by atoms with Gasteiger partial charge < -0.3 is 0 Å². The van der Waals surface area contributed by atoms with Crippen LogP contribution in [0.2, 0.25) is 0 Å². The summed E-state index contributed by atoms with van der Waals surface area (Å²) in [5.74, 6) is 2.96. The van der Waals surface area contributed by atoms with Crippen molar-refractivity contribution in [2.75, 3.05) is 0 Å². The van der Waals surface area contributed by atoms with Crippen molar-refractivity contribution >= 4 is 0 Å². The second-order valence-corrected chi connectivity index (χ2v) is 5.90. The molecule has 0 nitrogen and oxygen atoms in total. The van der Waals surface area contributed by atoms with Gasteiger partial charge in [0.2, 0.25) is 0 Å². The van der Waals surface area contributed by atoms with Crippen molar-refractivity contribution in [2.24, 2.45) is 17.8 Å². The van der Waals surface area contributed by atoms with Gasteiger partial charge in [0.25, 0.3) is 0 Å². The van der Waals surface area contributed by atoms with E-state index in [1.807, 2.05) is 0 Å². The number of rotatable bonds is 3. The van der Waals surface area contributed by atoms with E-state index in [0.29, 0.717) is 0 Å². The predicted molar refractivity (Wildman–Crippen MR) is 71.5 cm³/mol. The van der Waals surface area contributed by atoms with Gasteiger partial charge in [0.05, 0.1) is 0 Å². The van der Waals surface area contributed by atoms with Crippen molar-refractivity contribution < 1.29 is 0 Å². The predicted octanol–water partition coefficient (Wildman–Crippen LogP) is 5.34. The standard InChI is InChI=1S/C16H28/c1-2-9-16(14-10-5-3-6-11-14)15-12-7-4-8-13-15/h2,9,14-16H,3-8,10-13H2,1H3. The SMILES string of the molecule is CC=CC(C1CCCCC1)C1CCCCC1. The topological polar surface area (TPSA) is 0 Å². The molecule has 0 radical (unpaired) electrons. The third-order valence-corrected chi connectivity index (χ3v) is 4.80. The molecule has 0 N–H and O–H groups in total. The first-order valence-corrected chi connectivity index (χ1v) is 7.54. The molecule has 2 saturated carbocycles. The lowest BCUT2D eigenvalue weighted by atomic mass is 9.69. The van der Waals surface area contributed by atoms with Gasteiger partial charge in [-0.05, 0) is 50.4 Å². The number of hydrogen-bond acceptors (Lipinski definition) is 0. The van der Waals surface area contributed by atoms with Crippen molar-refractivity contribution in [1.29, 1.82) is 0 Å². The largest absolute Gasteiger partial charge is 0.0914 e. The van der Waals surface area contributed by atoms with Crippen LogP contribution in [0.4, 0.5) is 0 Å². The van der Waals surface area contributed by atoms with E-state index in [0.717, 1.165) is 17.8 Å².